The summed E-state index contributed by atoms with van der Waals surface area (Å²) in [6, 6.07) is 3.18. The highest BCUT2D eigenvalue weighted by Gasteiger charge is 2.29. The maximum atomic E-state index is 12.4. The first-order valence-electron chi connectivity index (χ1n) is 8.67. The molecule has 0 aliphatic carbocycles. The molecule has 1 aromatic carbocycles. The lowest BCUT2D eigenvalue weighted by molar-refractivity contribution is -0.121. The monoisotopic (exact) mass is 389 g/mol. The van der Waals surface area contributed by atoms with Crippen molar-refractivity contribution in [2.24, 2.45) is 0 Å². The van der Waals surface area contributed by atoms with E-state index in [1.807, 2.05) is 13.0 Å². The molecule has 0 bridgehead atoms. The Morgan fingerprint density at radius 1 is 1.22 bits per heavy atom. The maximum Gasteiger partial charge on any atom is 0.340 e. The second-order valence-corrected chi connectivity index (χ2v) is 9.33. The van der Waals surface area contributed by atoms with Crippen LogP contribution in [0.2, 0.25) is 0 Å². The van der Waals surface area contributed by atoms with Gasteiger partial charge >= 0.3 is 5.63 Å². The smallest absolute Gasteiger partial charge is 0.340 e. The van der Waals surface area contributed by atoms with Crippen LogP contribution in [0.3, 0.4) is 0 Å². The van der Waals surface area contributed by atoms with Crippen LogP contribution in [-0.2, 0) is 21.1 Å². The van der Waals surface area contributed by atoms with Gasteiger partial charge in [-0.25, -0.2) is 13.2 Å². The van der Waals surface area contributed by atoms with E-state index in [1.54, 1.807) is 19.3 Å². The van der Waals surface area contributed by atoms with Crippen molar-refractivity contribution in [1.29, 1.82) is 0 Å². The molecule has 1 atom stereocenters. The van der Waals surface area contributed by atoms with E-state index in [0.717, 1.165) is 16.3 Å². The molecular formula is C19H19NO6S. The third kappa shape index (κ3) is 3.25. The van der Waals surface area contributed by atoms with Gasteiger partial charge in [0.15, 0.2) is 9.84 Å². The van der Waals surface area contributed by atoms with E-state index >= 15 is 0 Å². The van der Waals surface area contributed by atoms with Crippen LogP contribution in [0.15, 0.2) is 32.0 Å². The number of fused-ring (bicyclic) bond motifs is 2. The van der Waals surface area contributed by atoms with Crippen molar-refractivity contribution in [3.8, 4) is 0 Å². The first kappa shape index (κ1) is 17.8. The molecule has 142 valence electrons. The molecule has 1 saturated heterocycles. The van der Waals surface area contributed by atoms with E-state index in [2.05, 4.69) is 5.32 Å². The molecule has 1 aliphatic heterocycles. The number of carbonyl (C=O) groups excluding carboxylic acids is 1. The first-order chi connectivity index (χ1) is 12.7. The minimum Gasteiger partial charge on any atom is -0.464 e. The molecule has 2 aromatic heterocycles. The van der Waals surface area contributed by atoms with Gasteiger partial charge in [-0.3, -0.25) is 4.79 Å². The molecule has 0 spiro atoms. The predicted octanol–water partition coefficient (Wildman–Crippen LogP) is 2.00. The van der Waals surface area contributed by atoms with Gasteiger partial charge < -0.3 is 14.2 Å². The fraction of sp³-hybridized carbons (Fsp3) is 0.368. The second kappa shape index (κ2) is 6.23. The highest BCUT2D eigenvalue weighted by molar-refractivity contribution is 7.91. The minimum absolute atomic E-state index is 0.0538. The summed E-state index contributed by atoms with van der Waals surface area (Å²) < 4.78 is 33.9. The average molecular weight is 389 g/mol. The Bertz CT molecular complexity index is 1230. The molecule has 0 saturated carbocycles. The van der Waals surface area contributed by atoms with Gasteiger partial charge in [0, 0.05) is 22.9 Å². The lowest BCUT2D eigenvalue weighted by Crippen LogP contribution is -2.37. The van der Waals surface area contributed by atoms with Crippen LogP contribution in [0.5, 0.6) is 0 Å². The molecule has 1 aliphatic rings. The van der Waals surface area contributed by atoms with Gasteiger partial charge in [0.2, 0.25) is 5.91 Å². The van der Waals surface area contributed by atoms with Crippen LogP contribution in [0.1, 0.15) is 23.1 Å². The van der Waals surface area contributed by atoms with Crippen LogP contribution in [0, 0.1) is 13.8 Å². The Balaban J connectivity index is 1.67. The summed E-state index contributed by atoms with van der Waals surface area (Å²) in [6.07, 6.45) is 1.89. The van der Waals surface area contributed by atoms with E-state index in [4.69, 9.17) is 8.83 Å². The number of nitrogens with one attached hydrogen (secondary N) is 1. The number of rotatable bonds is 3. The fourth-order valence-corrected chi connectivity index (χ4v) is 5.26. The Morgan fingerprint density at radius 3 is 2.70 bits per heavy atom. The third-order valence-electron chi connectivity index (χ3n) is 5.11. The molecule has 0 unspecified atom stereocenters. The number of amides is 1. The van der Waals surface area contributed by atoms with Crippen molar-refractivity contribution < 1.29 is 22.0 Å². The number of furan rings is 1. The number of hydrogen-bond acceptors (Lipinski definition) is 6. The van der Waals surface area contributed by atoms with Crippen LogP contribution < -0.4 is 10.9 Å². The van der Waals surface area contributed by atoms with Crippen LogP contribution in [-0.4, -0.2) is 31.9 Å². The Morgan fingerprint density at radius 2 is 2.00 bits per heavy atom. The first-order valence-corrected chi connectivity index (χ1v) is 10.5. The molecule has 1 fully saturated rings. The normalized spacial score (nSPS) is 19.0. The standard InChI is InChI=1S/C19H19NO6S/c1-10-8-25-16-7-17-14(5-13(10)16)11(2)15(19(22)26-17)6-18(21)20-12-3-4-27(23,24)9-12/h5,7-8,12H,3-4,6,9H2,1-2H3,(H,20,21)/t12-/m1/s1. The fourth-order valence-electron chi connectivity index (χ4n) is 3.59. The highest BCUT2D eigenvalue weighted by Crippen LogP contribution is 2.28. The van der Waals surface area contributed by atoms with Gasteiger partial charge in [-0.05, 0) is 37.5 Å². The summed E-state index contributed by atoms with van der Waals surface area (Å²) in [7, 11) is -3.08. The zero-order valence-corrected chi connectivity index (χ0v) is 15.8. The molecule has 0 radical (unpaired) electrons. The third-order valence-corrected chi connectivity index (χ3v) is 6.88. The van der Waals surface area contributed by atoms with Crippen molar-refractivity contribution in [3.63, 3.8) is 0 Å². The van der Waals surface area contributed by atoms with Gasteiger partial charge in [-0.15, -0.1) is 0 Å². The summed E-state index contributed by atoms with van der Waals surface area (Å²) in [5, 5.41) is 4.38. The number of hydrogen-bond donors (Lipinski definition) is 1. The van der Waals surface area contributed by atoms with Crippen molar-refractivity contribution >= 4 is 37.7 Å². The maximum absolute atomic E-state index is 12.4. The van der Waals surface area contributed by atoms with E-state index in [9.17, 15) is 18.0 Å². The predicted molar refractivity (Wildman–Crippen MR) is 101 cm³/mol. The van der Waals surface area contributed by atoms with Crippen molar-refractivity contribution in [2.45, 2.75) is 32.7 Å². The number of benzene rings is 1. The van der Waals surface area contributed by atoms with E-state index in [-0.39, 0.29) is 29.4 Å². The second-order valence-electron chi connectivity index (χ2n) is 7.10. The SMILES string of the molecule is Cc1coc2cc3oc(=O)c(CC(=O)N[C@@H]4CCS(=O)(=O)C4)c(C)c3cc12. The Hall–Kier alpha value is -2.61. The summed E-state index contributed by atoms with van der Waals surface area (Å²) in [5.74, 6) is -0.357. The molecule has 8 heteroatoms. The molecule has 3 heterocycles. The number of aryl methyl sites for hydroxylation is 2. The molecular weight excluding hydrogens is 370 g/mol. The molecule has 4 rings (SSSR count). The van der Waals surface area contributed by atoms with Crippen molar-refractivity contribution in [3.05, 3.63) is 45.5 Å². The van der Waals surface area contributed by atoms with Crippen LogP contribution >= 0.6 is 0 Å². The minimum atomic E-state index is -3.08. The topological polar surface area (TPSA) is 107 Å². The van der Waals surface area contributed by atoms with E-state index < -0.39 is 21.5 Å². The lowest BCUT2D eigenvalue weighted by Gasteiger charge is -2.12. The van der Waals surface area contributed by atoms with Gasteiger partial charge in [-0.1, -0.05) is 0 Å². The van der Waals surface area contributed by atoms with Gasteiger partial charge in [0.25, 0.3) is 0 Å². The largest absolute Gasteiger partial charge is 0.464 e. The van der Waals surface area contributed by atoms with Gasteiger partial charge in [0.1, 0.15) is 11.2 Å². The Labute approximate surface area is 155 Å². The zero-order valence-electron chi connectivity index (χ0n) is 15.0. The molecule has 27 heavy (non-hydrogen) atoms. The highest BCUT2D eigenvalue weighted by atomic mass is 32.2. The Kier molecular flexibility index (Phi) is 4.10. The summed E-state index contributed by atoms with van der Waals surface area (Å²) in [6.45, 7) is 3.71. The van der Waals surface area contributed by atoms with Crippen molar-refractivity contribution in [2.75, 3.05) is 11.5 Å². The summed E-state index contributed by atoms with van der Waals surface area (Å²) in [5.41, 5.74) is 2.40. The van der Waals surface area contributed by atoms with E-state index in [0.29, 0.717) is 23.2 Å². The molecule has 3 aromatic rings. The summed E-state index contributed by atoms with van der Waals surface area (Å²) in [4.78, 5) is 24.7. The number of carbonyl (C=O) groups is 1. The molecule has 1 N–H and O–H groups in total. The summed E-state index contributed by atoms with van der Waals surface area (Å²) >= 11 is 0. The van der Waals surface area contributed by atoms with Gasteiger partial charge in [-0.2, -0.15) is 0 Å². The molecule has 7 nitrogen and oxygen atoms in total. The molecule has 1 amide bonds. The van der Waals surface area contributed by atoms with Crippen molar-refractivity contribution in [1.82, 2.24) is 5.32 Å². The van der Waals surface area contributed by atoms with Gasteiger partial charge in [0.05, 0.1) is 29.8 Å². The zero-order chi connectivity index (χ0) is 19.3. The van der Waals surface area contributed by atoms with Crippen LogP contribution in [0.4, 0.5) is 0 Å². The van der Waals surface area contributed by atoms with Crippen LogP contribution in [0.25, 0.3) is 21.9 Å². The quantitative estimate of drug-likeness (QED) is 0.687. The lowest BCUT2D eigenvalue weighted by atomic mass is 10.0. The van der Waals surface area contributed by atoms with E-state index in [1.165, 1.54) is 0 Å². The number of sulfone groups is 1. The average Bonchev–Trinajstić information content (AvgIpc) is 3.12.